The molecule has 0 bridgehead atoms. The fourth-order valence-electron chi connectivity index (χ4n) is 4.15. The Kier molecular flexibility index (Phi) is 5.40. The topological polar surface area (TPSA) is 38.7 Å². The van der Waals surface area contributed by atoms with Crippen molar-refractivity contribution >= 4 is 17.3 Å². The highest BCUT2D eigenvalue weighted by Crippen LogP contribution is 2.26. The van der Waals surface area contributed by atoms with Crippen molar-refractivity contribution in [1.29, 1.82) is 0 Å². The zero-order valence-corrected chi connectivity index (χ0v) is 17.6. The zero-order chi connectivity index (χ0) is 19.7. The molecule has 0 aliphatic carbocycles. The van der Waals surface area contributed by atoms with Crippen LogP contribution in [0.15, 0.2) is 24.3 Å². The highest BCUT2D eigenvalue weighted by molar-refractivity contribution is 5.58. The van der Waals surface area contributed by atoms with Gasteiger partial charge in [-0.3, -0.25) is 0 Å². The summed E-state index contributed by atoms with van der Waals surface area (Å²) >= 11 is 0. The number of nitrogens with zero attached hydrogens (tertiary/aromatic N) is 6. The number of aromatic nitrogens is 2. The van der Waals surface area contributed by atoms with E-state index in [-0.39, 0.29) is 0 Å². The lowest BCUT2D eigenvalue weighted by molar-refractivity contribution is 0.312. The summed E-state index contributed by atoms with van der Waals surface area (Å²) in [5, 5.41) is 0. The average Bonchev–Trinajstić information content (AvgIpc) is 2.70. The molecule has 2 aliphatic rings. The largest absolute Gasteiger partial charge is 0.368 e. The van der Waals surface area contributed by atoms with Gasteiger partial charge >= 0.3 is 0 Å². The third-order valence-corrected chi connectivity index (χ3v) is 6.16. The van der Waals surface area contributed by atoms with Gasteiger partial charge in [-0.25, -0.2) is 9.97 Å². The molecule has 0 atom stereocenters. The van der Waals surface area contributed by atoms with Gasteiger partial charge in [-0.15, -0.1) is 0 Å². The van der Waals surface area contributed by atoms with Gasteiger partial charge in [0, 0.05) is 64.1 Å². The summed E-state index contributed by atoms with van der Waals surface area (Å²) in [6, 6.07) is 8.79. The summed E-state index contributed by atoms with van der Waals surface area (Å²) in [6.07, 6.45) is 0. The van der Waals surface area contributed by atoms with Crippen molar-refractivity contribution in [2.45, 2.75) is 20.8 Å². The van der Waals surface area contributed by atoms with Gasteiger partial charge in [0.05, 0.1) is 0 Å². The number of rotatable bonds is 3. The molecular formula is C22H32N6. The minimum absolute atomic E-state index is 0.864. The predicted octanol–water partition coefficient (Wildman–Crippen LogP) is 2.48. The van der Waals surface area contributed by atoms with Gasteiger partial charge in [-0.05, 0) is 45.0 Å². The Morgan fingerprint density at radius 3 is 1.86 bits per heavy atom. The molecular weight excluding hydrogens is 348 g/mol. The normalized spacial score (nSPS) is 18.6. The fourth-order valence-corrected chi connectivity index (χ4v) is 4.15. The molecule has 2 saturated heterocycles. The first-order chi connectivity index (χ1) is 13.5. The molecule has 0 radical (unpaired) electrons. The van der Waals surface area contributed by atoms with Gasteiger partial charge in [-0.1, -0.05) is 12.1 Å². The van der Waals surface area contributed by atoms with Gasteiger partial charge in [0.15, 0.2) is 0 Å². The molecule has 1 aromatic heterocycles. The van der Waals surface area contributed by atoms with Gasteiger partial charge in [0.2, 0.25) is 0 Å². The van der Waals surface area contributed by atoms with Crippen LogP contribution in [0.5, 0.6) is 0 Å². The maximum atomic E-state index is 4.76. The minimum Gasteiger partial charge on any atom is -0.368 e. The molecule has 3 heterocycles. The van der Waals surface area contributed by atoms with Gasteiger partial charge in [-0.2, -0.15) is 0 Å². The van der Waals surface area contributed by atoms with Crippen molar-refractivity contribution in [2.75, 3.05) is 74.1 Å². The maximum Gasteiger partial charge on any atom is 0.134 e. The summed E-state index contributed by atoms with van der Waals surface area (Å²) in [5.74, 6) is 3.01. The molecule has 1 aromatic carbocycles. The number of hydrogen-bond donors (Lipinski definition) is 0. The van der Waals surface area contributed by atoms with Gasteiger partial charge in [0.25, 0.3) is 0 Å². The van der Waals surface area contributed by atoms with Crippen LogP contribution in [-0.4, -0.2) is 74.3 Å². The van der Waals surface area contributed by atoms with Crippen LogP contribution >= 0.6 is 0 Å². The summed E-state index contributed by atoms with van der Waals surface area (Å²) in [5.41, 5.74) is 4.13. The molecule has 0 N–H and O–H groups in total. The molecule has 0 unspecified atom stereocenters. The first-order valence-electron chi connectivity index (χ1n) is 10.4. The summed E-state index contributed by atoms with van der Waals surface area (Å²) in [6.45, 7) is 14.7. The molecule has 0 saturated carbocycles. The van der Waals surface area contributed by atoms with Gasteiger partial charge < -0.3 is 19.6 Å². The highest BCUT2D eigenvalue weighted by atomic mass is 15.3. The van der Waals surface area contributed by atoms with Crippen LogP contribution in [-0.2, 0) is 0 Å². The van der Waals surface area contributed by atoms with Crippen molar-refractivity contribution in [3.63, 3.8) is 0 Å². The molecule has 4 rings (SSSR count). The lowest BCUT2D eigenvalue weighted by Crippen LogP contribution is -2.47. The average molecular weight is 381 g/mol. The van der Waals surface area contributed by atoms with E-state index in [4.69, 9.17) is 9.97 Å². The SMILES string of the molecule is Cc1nc(N2CCN(C)CC2)cc(N2CCN(c3cccc(C)c3C)CC2)n1. The maximum absolute atomic E-state index is 4.76. The van der Waals surface area contributed by atoms with E-state index in [0.717, 1.165) is 69.8 Å². The Hall–Kier alpha value is -2.34. The van der Waals surface area contributed by atoms with E-state index in [1.165, 1.54) is 16.8 Å². The zero-order valence-electron chi connectivity index (χ0n) is 17.6. The Labute approximate surface area is 168 Å². The van der Waals surface area contributed by atoms with Crippen molar-refractivity contribution in [3.05, 3.63) is 41.2 Å². The monoisotopic (exact) mass is 380 g/mol. The molecule has 2 aromatic rings. The van der Waals surface area contributed by atoms with E-state index in [1.54, 1.807) is 0 Å². The molecule has 6 heteroatoms. The van der Waals surface area contributed by atoms with Crippen LogP contribution in [0.1, 0.15) is 17.0 Å². The highest BCUT2D eigenvalue weighted by Gasteiger charge is 2.22. The summed E-state index contributed by atoms with van der Waals surface area (Å²) < 4.78 is 0. The Balaban J connectivity index is 1.46. The van der Waals surface area contributed by atoms with Crippen molar-refractivity contribution in [2.24, 2.45) is 0 Å². The van der Waals surface area contributed by atoms with Crippen LogP contribution in [0.3, 0.4) is 0 Å². The molecule has 150 valence electrons. The molecule has 6 nitrogen and oxygen atoms in total. The van der Waals surface area contributed by atoms with E-state index in [1.807, 2.05) is 6.92 Å². The number of likely N-dealkylation sites (N-methyl/N-ethyl adjacent to an activating group) is 1. The number of aryl methyl sites for hydroxylation is 2. The second-order valence-corrected chi connectivity index (χ2v) is 8.12. The van der Waals surface area contributed by atoms with E-state index < -0.39 is 0 Å². The quantitative estimate of drug-likeness (QED) is 0.815. The Morgan fingerprint density at radius 2 is 1.25 bits per heavy atom. The first-order valence-corrected chi connectivity index (χ1v) is 10.4. The van der Waals surface area contributed by atoms with Crippen LogP contribution in [0, 0.1) is 20.8 Å². The third-order valence-electron chi connectivity index (χ3n) is 6.16. The fraction of sp³-hybridized carbons (Fsp3) is 0.545. The van der Waals surface area contributed by atoms with E-state index >= 15 is 0 Å². The Bertz CT molecular complexity index is 820. The number of hydrogen-bond acceptors (Lipinski definition) is 6. The van der Waals surface area contributed by atoms with Crippen molar-refractivity contribution < 1.29 is 0 Å². The van der Waals surface area contributed by atoms with Crippen molar-refractivity contribution in [1.82, 2.24) is 14.9 Å². The van der Waals surface area contributed by atoms with E-state index in [9.17, 15) is 0 Å². The smallest absolute Gasteiger partial charge is 0.134 e. The standard InChI is InChI=1S/C22H32N6/c1-17-6-5-7-20(18(17)2)26-12-14-28(15-13-26)22-16-21(23-19(3)24-22)27-10-8-25(4)9-11-27/h5-7,16H,8-15H2,1-4H3. The molecule has 0 amide bonds. The second kappa shape index (κ2) is 7.95. The molecule has 2 aliphatic heterocycles. The number of benzene rings is 1. The van der Waals surface area contributed by atoms with E-state index in [2.05, 4.69) is 64.8 Å². The van der Waals surface area contributed by atoms with Crippen LogP contribution in [0.4, 0.5) is 17.3 Å². The molecule has 2 fully saturated rings. The van der Waals surface area contributed by atoms with Gasteiger partial charge in [0.1, 0.15) is 17.5 Å². The summed E-state index contributed by atoms with van der Waals surface area (Å²) in [4.78, 5) is 19.2. The van der Waals surface area contributed by atoms with Crippen molar-refractivity contribution in [3.8, 4) is 0 Å². The second-order valence-electron chi connectivity index (χ2n) is 8.12. The lowest BCUT2D eigenvalue weighted by atomic mass is 10.1. The van der Waals surface area contributed by atoms with Crippen LogP contribution in [0.2, 0.25) is 0 Å². The summed E-state index contributed by atoms with van der Waals surface area (Å²) in [7, 11) is 2.18. The number of anilines is 3. The van der Waals surface area contributed by atoms with Crippen LogP contribution < -0.4 is 14.7 Å². The predicted molar refractivity (Wildman–Crippen MR) is 117 cm³/mol. The number of piperazine rings is 2. The first kappa shape index (κ1) is 19.0. The third kappa shape index (κ3) is 3.92. The molecule has 28 heavy (non-hydrogen) atoms. The Morgan fingerprint density at radius 1 is 0.714 bits per heavy atom. The van der Waals surface area contributed by atoms with Crippen LogP contribution in [0.25, 0.3) is 0 Å². The lowest BCUT2D eigenvalue weighted by Gasteiger charge is -2.38. The minimum atomic E-state index is 0.864. The molecule has 0 spiro atoms. The van der Waals surface area contributed by atoms with E-state index in [0.29, 0.717) is 0 Å².